The lowest BCUT2D eigenvalue weighted by molar-refractivity contribution is -0.148. The summed E-state index contributed by atoms with van der Waals surface area (Å²) in [5, 5.41) is 3.05. The standard InChI is InChI=1S/C14H20BrNO2S/c1-14(16-2,13(17)18-3)8-5-9-19-12-7-4-6-11(15)10-12/h4,6-7,10,16H,5,8-9H2,1-3H3. The van der Waals surface area contributed by atoms with Gasteiger partial charge in [-0.3, -0.25) is 4.79 Å². The van der Waals surface area contributed by atoms with Gasteiger partial charge in [0.1, 0.15) is 5.54 Å². The van der Waals surface area contributed by atoms with E-state index in [9.17, 15) is 4.79 Å². The van der Waals surface area contributed by atoms with Crippen LogP contribution in [0.3, 0.4) is 0 Å². The highest BCUT2D eigenvalue weighted by Crippen LogP contribution is 2.24. The molecule has 1 unspecified atom stereocenters. The number of nitrogens with one attached hydrogen (secondary N) is 1. The Labute approximate surface area is 127 Å². The molecule has 3 nitrogen and oxygen atoms in total. The molecule has 0 bridgehead atoms. The van der Waals surface area contributed by atoms with Gasteiger partial charge < -0.3 is 10.1 Å². The van der Waals surface area contributed by atoms with Gasteiger partial charge in [-0.05, 0) is 50.8 Å². The normalized spacial score (nSPS) is 13.9. The van der Waals surface area contributed by atoms with Crippen molar-refractivity contribution >= 4 is 33.7 Å². The first-order chi connectivity index (χ1) is 9.01. The molecule has 0 spiro atoms. The molecule has 1 N–H and O–H groups in total. The van der Waals surface area contributed by atoms with Crippen LogP contribution in [-0.4, -0.2) is 31.4 Å². The van der Waals surface area contributed by atoms with Crippen molar-refractivity contribution in [3.8, 4) is 0 Å². The van der Waals surface area contributed by atoms with E-state index in [1.807, 2.05) is 19.1 Å². The number of hydrogen-bond acceptors (Lipinski definition) is 4. The smallest absolute Gasteiger partial charge is 0.325 e. The molecule has 0 amide bonds. The van der Waals surface area contributed by atoms with Gasteiger partial charge in [0.25, 0.3) is 0 Å². The third-order valence-corrected chi connectivity index (χ3v) is 4.65. The molecule has 1 rings (SSSR count). The maximum Gasteiger partial charge on any atom is 0.325 e. The molecule has 0 fully saturated rings. The Balaban J connectivity index is 2.39. The maximum atomic E-state index is 11.7. The molecule has 19 heavy (non-hydrogen) atoms. The van der Waals surface area contributed by atoms with Crippen molar-refractivity contribution in [3.05, 3.63) is 28.7 Å². The molecule has 1 atom stereocenters. The van der Waals surface area contributed by atoms with Crippen LogP contribution in [0.15, 0.2) is 33.6 Å². The summed E-state index contributed by atoms with van der Waals surface area (Å²) in [5.74, 6) is 0.771. The Morgan fingerprint density at radius 2 is 2.26 bits per heavy atom. The summed E-state index contributed by atoms with van der Waals surface area (Å²) >= 11 is 5.25. The molecule has 1 aromatic rings. The lowest BCUT2D eigenvalue weighted by Crippen LogP contribution is -2.48. The molecule has 106 valence electrons. The van der Waals surface area contributed by atoms with Crippen LogP contribution in [0.5, 0.6) is 0 Å². The molecule has 0 saturated carbocycles. The number of thioether (sulfide) groups is 1. The average molecular weight is 346 g/mol. The Morgan fingerprint density at radius 3 is 2.84 bits per heavy atom. The number of halogens is 1. The van der Waals surface area contributed by atoms with Crippen molar-refractivity contribution in [1.29, 1.82) is 0 Å². The molecule has 0 radical (unpaired) electrons. The van der Waals surface area contributed by atoms with Crippen LogP contribution in [0.4, 0.5) is 0 Å². The minimum atomic E-state index is -0.591. The first-order valence-corrected chi connectivity index (χ1v) is 7.95. The van der Waals surface area contributed by atoms with E-state index in [0.717, 1.165) is 23.1 Å². The zero-order valence-electron chi connectivity index (χ0n) is 11.5. The summed E-state index contributed by atoms with van der Waals surface area (Å²) in [5.41, 5.74) is -0.591. The van der Waals surface area contributed by atoms with Gasteiger partial charge in [-0.15, -0.1) is 11.8 Å². The van der Waals surface area contributed by atoms with Gasteiger partial charge in [0, 0.05) is 9.37 Å². The van der Waals surface area contributed by atoms with E-state index in [2.05, 4.69) is 33.4 Å². The number of carbonyl (C=O) groups excluding carboxylic acids is 1. The molecular weight excluding hydrogens is 326 g/mol. The predicted molar refractivity (Wildman–Crippen MR) is 83.6 cm³/mol. The van der Waals surface area contributed by atoms with Crippen LogP contribution in [-0.2, 0) is 9.53 Å². The average Bonchev–Trinajstić information content (AvgIpc) is 2.42. The summed E-state index contributed by atoms with van der Waals surface area (Å²) in [6, 6.07) is 8.23. The number of carbonyl (C=O) groups is 1. The molecule has 1 aromatic carbocycles. The van der Waals surface area contributed by atoms with Crippen LogP contribution in [0, 0.1) is 0 Å². The zero-order valence-corrected chi connectivity index (χ0v) is 13.9. The minimum Gasteiger partial charge on any atom is -0.468 e. The summed E-state index contributed by atoms with van der Waals surface area (Å²) in [4.78, 5) is 12.9. The Morgan fingerprint density at radius 1 is 1.53 bits per heavy atom. The van der Waals surface area contributed by atoms with E-state index in [1.54, 1.807) is 18.8 Å². The van der Waals surface area contributed by atoms with Crippen LogP contribution in [0.2, 0.25) is 0 Å². The van der Waals surface area contributed by atoms with E-state index >= 15 is 0 Å². The van der Waals surface area contributed by atoms with Gasteiger partial charge in [-0.1, -0.05) is 22.0 Å². The number of esters is 1. The summed E-state index contributed by atoms with van der Waals surface area (Å²) in [7, 11) is 3.21. The van der Waals surface area contributed by atoms with E-state index in [-0.39, 0.29) is 5.97 Å². The fraction of sp³-hybridized carbons (Fsp3) is 0.500. The molecule has 0 aliphatic heterocycles. The second-order valence-corrected chi connectivity index (χ2v) is 6.57. The number of methoxy groups -OCH3 is 1. The van der Waals surface area contributed by atoms with Gasteiger partial charge in [0.05, 0.1) is 7.11 Å². The molecule has 0 saturated heterocycles. The number of rotatable bonds is 7. The number of ether oxygens (including phenoxy) is 1. The van der Waals surface area contributed by atoms with Crippen LogP contribution in [0.25, 0.3) is 0 Å². The Hall–Kier alpha value is -0.520. The summed E-state index contributed by atoms with van der Waals surface area (Å²) in [6.45, 7) is 1.88. The number of hydrogen-bond donors (Lipinski definition) is 1. The van der Waals surface area contributed by atoms with E-state index in [4.69, 9.17) is 4.74 Å². The van der Waals surface area contributed by atoms with Gasteiger partial charge in [0.2, 0.25) is 0 Å². The van der Waals surface area contributed by atoms with Crippen molar-refractivity contribution in [2.24, 2.45) is 0 Å². The monoisotopic (exact) mass is 345 g/mol. The highest BCUT2D eigenvalue weighted by Gasteiger charge is 2.31. The van der Waals surface area contributed by atoms with Crippen molar-refractivity contribution in [3.63, 3.8) is 0 Å². The third-order valence-electron chi connectivity index (χ3n) is 3.07. The van der Waals surface area contributed by atoms with Crippen molar-refractivity contribution in [1.82, 2.24) is 5.32 Å². The minimum absolute atomic E-state index is 0.206. The lowest BCUT2D eigenvalue weighted by atomic mass is 9.97. The topological polar surface area (TPSA) is 38.3 Å². The maximum absolute atomic E-state index is 11.7. The molecule has 0 aliphatic rings. The van der Waals surface area contributed by atoms with Gasteiger partial charge in [-0.2, -0.15) is 0 Å². The summed E-state index contributed by atoms with van der Waals surface area (Å²) in [6.07, 6.45) is 1.71. The van der Waals surface area contributed by atoms with Crippen molar-refractivity contribution in [2.45, 2.75) is 30.2 Å². The van der Waals surface area contributed by atoms with Gasteiger partial charge in [-0.25, -0.2) is 0 Å². The number of benzene rings is 1. The van der Waals surface area contributed by atoms with Crippen molar-refractivity contribution in [2.75, 3.05) is 19.9 Å². The highest BCUT2D eigenvalue weighted by molar-refractivity contribution is 9.10. The van der Waals surface area contributed by atoms with E-state index in [0.29, 0.717) is 0 Å². The van der Waals surface area contributed by atoms with Crippen LogP contribution in [0.1, 0.15) is 19.8 Å². The Bertz CT molecular complexity index is 428. The molecule has 0 aliphatic carbocycles. The SMILES string of the molecule is CNC(C)(CCCSc1cccc(Br)c1)C(=O)OC. The number of likely N-dealkylation sites (N-methyl/N-ethyl adjacent to an activating group) is 1. The second-order valence-electron chi connectivity index (χ2n) is 4.48. The third kappa shape index (κ3) is 5.16. The predicted octanol–water partition coefficient (Wildman–Crippen LogP) is 3.47. The van der Waals surface area contributed by atoms with Crippen LogP contribution >= 0.6 is 27.7 Å². The first-order valence-electron chi connectivity index (χ1n) is 6.17. The van der Waals surface area contributed by atoms with E-state index in [1.165, 1.54) is 12.0 Å². The quantitative estimate of drug-likeness (QED) is 0.466. The lowest BCUT2D eigenvalue weighted by Gasteiger charge is -2.25. The fourth-order valence-corrected chi connectivity index (χ4v) is 3.19. The van der Waals surface area contributed by atoms with Gasteiger partial charge in [0.15, 0.2) is 0 Å². The largest absolute Gasteiger partial charge is 0.468 e. The highest BCUT2D eigenvalue weighted by atomic mass is 79.9. The van der Waals surface area contributed by atoms with Crippen molar-refractivity contribution < 1.29 is 9.53 Å². The fourth-order valence-electron chi connectivity index (χ4n) is 1.73. The molecular formula is C14H20BrNO2S. The van der Waals surface area contributed by atoms with Crippen LogP contribution < -0.4 is 5.32 Å². The molecule has 0 aromatic heterocycles. The zero-order chi connectivity index (χ0) is 14.3. The van der Waals surface area contributed by atoms with Gasteiger partial charge >= 0.3 is 5.97 Å². The second kappa shape index (κ2) is 7.92. The Kier molecular flexibility index (Phi) is 6.89. The molecule has 0 heterocycles. The first kappa shape index (κ1) is 16.5. The van der Waals surface area contributed by atoms with E-state index < -0.39 is 5.54 Å². The summed E-state index contributed by atoms with van der Waals surface area (Å²) < 4.78 is 5.91. The molecule has 5 heteroatoms.